The minimum atomic E-state index is 0.0826. The number of carbonyl (C=O) groups is 1. The van der Waals surface area contributed by atoms with Crippen molar-refractivity contribution < 1.29 is 9.53 Å². The van der Waals surface area contributed by atoms with Crippen molar-refractivity contribution in [2.24, 2.45) is 0 Å². The molecule has 1 aliphatic heterocycles. The Morgan fingerprint density at radius 3 is 2.73 bits per heavy atom. The average Bonchev–Trinajstić information content (AvgIpc) is 3.43. The van der Waals surface area contributed by atoms with Crippen LogP contribution in [0.5, 0.6) is 5.75 Å². The fourth-order valence-electron chi connectivity index (χ4n) is 3.63. The van der Waals surface area contributed by atoms with Gasteiger partial charge < -0.3 is 14.6 Å². The van der Waals surface area contributed by atoms with E-state index in [4.69, 9.17) is 4.74 Å². The number of amides is 1. The minimum Gasteiger partial charge on any atom is -0.494 e. The molecule has 26 heavy (non-hydrogen) atoms. The zero-order chi connectivity index (χ0) is 17.9. The fraction of sp³-hybridized carbons (Fsp3) is 0.550. The van der Waals surface area contributed by atoms with Crippen molar-refractivity contribution in [3.63, 3.8) is 0 Å². The van der Waals surface area contributed by atoms with Gasteiger partial charge in [0.15, 0.2) is 0 Å². The molecule has 1 unspecified atom stereocenters. The lowest BCUT2D eigenvalue weighted by Gasteiger charge is -2.16. The van der Waals surface area contributed by atoms with E-state index in [1.165, 1.54) is 12.8 Å². The predicted molar refractivity (Wildman–Crippen MR) is 98.2 cm³/mol. The molecule has 138 valence electrons. The Kier molecular flexibility index (Phi) is 4.91. The van der Waals surface area contributed by atoms with Gasteiger partial charge in [-0.05, 0) is 50.3 Å². The Morgan fingerprint density at radius 1 is 1.19 bits per heavy atom. The molecule has 2 aromatic rings. The molecular formula is C20H26N4O2. The molecule has 6 nitrogen and oxygen atoms in total. The van der Waals surface area contributed by atoms with Crippen LogP contribution in [0.25, 0.3) is 0 Å². The molecule has 0 radical (unpaired) electrons. The van der Waals surface area contributed by atoms with Crippen molar-refractivity contribution in [3.05, 3.63) is 41.5 Å². The van der Waals surface area contributed by atoms with Crippen LogP contribution in [0, 0.1) is 0 Å². The lowest BCUT2D eigenvalue weighted by molar-refractivity contribution is -0.121. The van der Waals surface area contributed by atoms with E-state index >= 15 is 0 Å². The molecule has 1 N–H and O–H groups in total. The predicted octanol–water partition coefficient (Wildman–Crippen LogP) is 2.62. The standard InChI is InChI=1S/C20H26N4O2/c1-2-26-17-8-3-14(4-9-17)13-19(25)21-16-7-10-18-22-23-20(15-5-6-15)24(18)12-11-16/h3-4,8-9,15-16H,2,5-7,10-13H2,1H3,(H,21,25). The summed E-state index contributed by atoms with van der Waals surface area (Å²) >= 11 is 0. The summed E-state index contributed by atoms with van der Waals surface area (Å²) in [6.45, 7) is 3.52. The molecule has 1 atom stereocenters. The Hall–Kier alpha value is -2.37. The zero-order valence-electron chi connectivity index (χ0n) is 15.3. The first kappa shape index (κ1) is 17.1. The lowest BCUT2D eigenvalue weighted by atomic mass is 10.1. The summed E-state index contributed by atoms with van der Waals surface area (Å²) in [5.41, 5.74) is 1.01. The van der Waals surface area contributed by atoms with Gasteiger partial charge in [0.05, 0.1) is 13.0 Å². The number of nitrogens with zero attached hydrogens (tertiary/aromatic N) is 3. The fourth-order valence-corrected chi connectivity index (χ4v) is 3.63. The summed E-state index contributed by atoms with van der Waals surface area (Å²) in [6, 6.07) is 7.97. The number of carbonyl (C=O) groups excluding carboxylic acids is 1. The van der Waals surface area contributed by atoms with E-state index in [0.29, 0.717) is 18.9 Å². The van der Waals surface area contributed by atoms with Crippen molar-refractivity contribution in [1.29, 1.82) is 0 Å². The molecule has 1 amide bonds. The number of benzene rings is 1. The SMILES string of the molecule is CCOc1ccc(CC(=O)NC2CCc3nnc(C4CC4)n3CC2)cc1. The highest BCUT2D eigenvalue weighted by Gasteiger charge is 2.31. The summed E-state index contributed by atoms with van der Waals surface area (Å²) in [4.78, 5) is 12.4. The number of nitrogens with one attached hydrogen (secondary N) is 1. The monoisotopic (exact) mass is 354 g/mol. The van der Waals surface area contributed by atoms with Crippen molar-refractivity contribution in [1.82, 2.24) is 20.1 Å². The molecule has 1 aromatic carbocycles. The summed E-state index contributed by atoms with van der Waals surface area (Å²) in [5, 5.41) is 12.0. The topological polar surface area (TPSA) is 69.0 Å². The van der Waals surface area contributed by atoms with Crippen LogP contribution in [0.15, 0.2) is 24.3 Å². The highest BCUT2D eigenvalue weighted by Crippen LogP contribution is 2.39. The van der Waals surface area contributed by atoms with Crippen molar-refractivity contribution >= 4 is 5.91 Å². The second-order valence-corrected chi connectivity index (χ2v) is 7.25. The van der Waals surface area contributed by atoms with E-state index in [1.807, 2.05) is 31.2 Å². The van der Waals surface area contributed by atoms with Crippen molar-refractivity contribution in [2.45, 2.75) is 64.0 Å². The number of ether oxygens (including phenoxy) is 1. The normalized spacial score (nSPS) is 19.5. The molecule has 1 fully saturated rings. The Labute approximate surface area is 154 Å². The van der Waals surface area contributed by atoms with Gasteiger partial charge in [0, 0.05) is 24.9 Å². The van der Waals surface area contributed by atoms with Gasteiger partial charge in [-0.15, -0.1) is 10.2 Å². The Morgan fingerprint density at radius 2 is 2.00 bits per heavy atom. The quantitative estimate of drug-likeness (QED) is 0.866. The molecule has 1 saturated carbocycles. The first-order valence-corrected chi connectivity index (χ1v) is 9.66. The summed E-state index contributed by atoms with van der Waals surface area (Å²) in [5.74, 6) is 3.77. The summed E-state index contributed by atoms with van der Waals surface area (Å²) in [7, 11) is 0. The van der Waals surface area contributed by atoms with Gasteiger partial charge in [-0.2, -0.15) is 0 Å². The van der Waals surface area contributed by atoms with Crippen LogP contribution in [0.3, 0.4) is 0 Å². The van der Waals surface area contributed by atoms with Crippen molar-refractivity contribution in [3.8, 4) is 5.75 Å². The number of aryl methyl sites for hydroxylation is 1. The maximum absolute atomic E-state index is 12.4. The zero-order valence-corrected chi connectivity index (χ0v) is 15.3. The second kappa shape index (κ2) is 7.48. The summed E-state index contributed by atoms with van der Waals surface area (Å²) < 4.78 is 7.73. The average molecular weight is 354 g/mol. The molecule has 0 bridgehead atoms. The van der Waals surface area contributed by atoms with Crippen LogP contribution in [0.2, 0.25) is 0 Å². The van der Waals surface area contributed by atoms with Gasteiger partial charge in [0.25, 0.3) is 0 Å². The van der Waals surface area contributed by atoms with Gasteiger partial charge in [-0.3, -0.25) is 4.79 Å². The lowest BCUT2D eigenvalue weighted by Crippen LogP contribution is -2.36. The molecule has 1 aromatic heterocycles. The number of fused-ring (bicyclic) bond motifs is 1. The Balaban J connectivity index is 1.31. The maximum atomic E-state index is 12.4. The molecule has 0 spiro atoms. The molecular weight excluding hydrogens is 328 g/mol. The maximum Gasteiger partial charge on any atom is 0.224 e. The van der Waals surface area contributed by atoms with E-state index in [0.717, 1.165) is 48.8 Å². The van der Waals surface area contributed by atoms with E-state index < -0.39 is 0 Å². The molecule has 0 saturated heterocycles. The van der Waals surface area contributed by atoms with Gasteiger partial charge in [0.2, 0.25) is 5.91 Å². The Bertz CT molecular complexity index is 765. The third-order valence-corrected chi connectivity index (χ3v) is 5.18. The number of hydrogen-bond donors (Lipinski definition) is 1. The van der Waals surface area contributed by atoms with Gasteiger partial charge in [-0.1, -0.05) is 12.1 Å². The largest absolute Gasteiger partial charge is 0.494 e. The van der Waals surface area contributed by atoms with E-state index in [-0.39, 0.29) is 11.9 Å². The van der Waals surface area contributed by atoms with Gasteiger partial charge in [0.1, 0.15) is 17.4 Å². The number of aromatic nitrogens is 3. The minimum absolute atomic E-state index is 0.0826. The van der Waals surface area contributed by atoms with E-state index in [1.54, 1.807) is 0 Å². The van der Waals surface area contributed by atoms with Crippen LogP contribution in [0.4, 0.5) is 0 Å². The third kappa shape index (κ3) is 3.89. The summed E-state index contributed by atoms with van der Waals surface area (Å²) in [6.07, 6.45) is 5.63. The number of hydrogen-bond acceptors (Lipinski definition) is 4. The van der Waals surface area contributed by atoms with E-state index in [2.05, 4.69) is 20.1 Å². The highest BCUT2D eigenvalue weighted by molar-refractivity contribution is 5.78. The van der Waals surface area contributed by atoms with E-state index in [9.17, 15) is 4.79 Å². The molecule has 2 heterocycles. The second-order valence-electron chi connectivity index (χ2n) is 7.25. The van der Waals surface area contributed by atoms with Gasteiger partial charge in [-0.25, -0.2) is 0 Å². The molecule has 2 aliphatic rings. The molecule has 4 rings (SSSR count). The van der Waals surface area contributed by atoms with Crippen LogP contribution in [0.1, 0.15) is 55.7 Å². The first-order valence-electron chi connectivity index (χ1n) is 9.66. The van der Waals surface area contributed by atoms with Crippen LogP contribution in [-0.2, 0) is 24.2 Å². The van der Waals surface area contributed by atoms with Gasteiger partial charge >= 0.3 is 0 Å². The van der Waals surface area contributed by atoms with Crippen LogP contribution in [-0.4, -0.2) is 33.3 Å². The first-order chi connectivity index (χ1) is 12.7. The van der Waals surface area contributed by atoms with Crippen molar-refractivity contribution in [2.75, 3.05) is 6.61 Å². The van der Waals surface area contributed by atoms with Crippen LogP contribution >= 0.6 is 0 Å². The highest BCUT2D eigenvalue weighted by atomic mass is 16.5. The third-order valence-electron chi connectivity index (χ3n) is 5.18. The molecule has 6 heteroatoms. The smallest absolute Gasteiger partial charge is 0.224 e. The molecule has 1 aliphatic carbocycles. The van der Waals surface area contributed by atoms with Crippen LogP contribution < -0.4 is 10.1 Å². The number of rotatable bonds is 6.